The first-order valence-corrected chi connectivity index (χ1v) is 3.57. The van der Waals surface area contributed by atoms with Crippen LogP contribution in [0.5, 0.6) is 11.5 Å². The molecule has 1 rings (SSSR count). The molecule has 0 aliphatic heterocycles. The van der Waals surface area contributed by atoms with Gasteiger partial charge >= 0.3 is 0 Å². The Labute approximate surface area is 74.4 Å². The average Bonchev–Trinajstić information content (AvgIpc) is 2.13. The number of phenolic OH excluding ortho intramolecular Hbond substituents is 2. The lowest BCUT2D eigenvalue weighted by Crippen LogP contribution is -1.93. The van der Waals surface area contributed by atoms with Crippen molar-refractivity contribution in [2.45, 2.75) is 6.92 Å². The highest BCUT2D eigenvalue weighted by Crippen LogP contribution is 2.30. The zero-order chi connectivity index (χ0) is 10.0. The van der Waals surface area contributed by atoms with Gasteiger partial charge in [0.05, 0.1) is 5.56 Å². The summed E-state index contributed by atoms with van der Waals surface area (Å²) in [6.07, 6.45) is 0.786. The van der Waals surface area contributed by atoms with Crippen LogP contribution in [-0.4, -0.2) is 22.8 Å². The number of carbonyl (C=O) groups is 2. The second-order valence-corrected chi connectivity index (χ2v) is 2.61. The molecule has 68 valence electrons. The molecule has 0 heterocycles. The molecule has 0 fully saturated rings. The van der Waals surface area contributed by atoms with Crippen molar-refractivity contribution in [2.75, 3.05) is 0 Å². The van der Waals surface area contributed by atoms with Crippen molar-refractivity contribution in [1.29, 1.82) is 0 Å². The van der Waals surface area contributed by atoms with Gasteiger partial charge in [0.1, 0.15) is 11.5 Å². The maximum Gasteiger partial charge on any atom is 0.154 e. The third-order valence-electron chi connectivity index (χ3n) is 1.84. The minimum atomic E-state index is -0.350. The molecule has 0 spiro atoms. The molecule has 1 aromatic rings. The second-order valence-electron chi connectivity index (χ2n) is 2.61. The first-order chi connectivity index (χ1) is 6.11. The number of aromatic hydroxyl groups is 2. The summed E-state index contributed by atoms with van der Waals surface area (Å²) in [4.78, 5) is 20.9. The van der Waals surface area contributed by atoms with E-state index in [1.54, 1.807) is 0 Å². The van der Waals surface area contributed by atoms with Gasteiger partial charge in [0.2, 0.25) is 0 Å². The Hall–Kier alpha value is -1.84. The maximum atomic E-state index is 10.5. The largest absolute Gasteiger partial charge is 0.508 e. The Morgan fingerprint density at radius 2 is 1.85 bits per heavy atom. The SMILES string of the molecule is Cc1c(O)cc(C=O)c(C=O)c1O. The molecule has 0 radical (unpaired) electrons. The zero-order valence-corrected chi connectivity index (χ0v) is 6.94. The average molecular weight is 180 g/mol. The van der Waals surface area contributed by atoms with Gasteiger partial charge < -0.3 is 10.2 Å². The Balaban J connectivity index is 3.56. The minimum Gasteiger partial charge on any atom is -0.508 e. The number of benzene rings is 1. The molecule has 4 heteroatoms. The fraction of sp³-hybridized carbons (Fsp3) is 0.111. The summed E-state index contributed by atoms with van der Waals surface area (Å²) in [5.41, 5.74) is 0.0774. The van der Waals surface area contributed by atoms with Crippen molar-refractivity contribution < 1.29 is 19.8 Å². The Kier molecular flexibility index (Phi) is 2.32. The molecular weight excluding hydrogens is 172 g/mol. The van der Waals surface area contributed by atoms with Crippen molar-refractivity contribution >= 4 is 12.6 Å². The number of rotatable bonds is 2. The molecule has 0 aliphatic carbocycles. The second kappa shape index (κ2) is 3.26. The van der Waals surface area contributed by atoms with Crippen molar-refractivity contribution in [1.82, 2.24) is 0 Å². The highest BCUT2D eigenvalue weighted by molar-refractivity contribution is 5.94. The molecule has 0 aliphatic rings. The smallest absolute Gasteiger partial charge is 0.154 e. The van der Waals surface area contributed by atoms with Gasteiger partial charge in [0.25, 0.3) is 0 Å². The monoisotopic (exact) mass is 180 g/mol. The molecule has 13 heavy (non-hydrogen) atoms. The summed E-state index contributed by atoms with van der Waals surface area (Å²) >= 11 is 0. The van der Waals surface area contributed by atoms with Crippen LogP contribution in [0.1, 0.15) is 26.3 Å². The van der Waals surface area contributed by atoms with Crippen LogP contribution in [0.25, 0.3) is 0 Å². The van der Waals surface area contributed by atoms with E-state index < -0.39 is 0 Å². The number of hydrogen-bond donors (Lipinski definition) is 2. The van der Waals surface area contributed by atoms with E-state index in [0.717, 1.165) is 6.07 Å². The molecular formula is C9H8O4. The number of hydrogen-bond acceptors (Lipinski definition) is 4. The molecule has 0 saturated carbocycles. The van der Waals surface area contributed by atoms with Crippen molar-refractivity contribution in [3.63, 3.8) is 0 Å². The lowest BCUT2D eigenvalue weighted by Gasteiger charge is -2.06. The fourth-order valence-corrected chi connectivity index (χ4v) is 1.01. The quantitative estimate of drug-likeness (QED) is 0.666. The summed E-state index contributed by atoms with van der Waals surface area (Å²) in [6.45, 7) is 1.45. The van der Waals surface area contributed by atoms with Crippen LogP contribution in [0.2, 0.25) is 0 Å². The van der Waals surface area contributed by atoms with Crippen LogP contribution in [-0.2, 0) is 0 Å². The number of aldehydes is 2. The number of carbonyl (C=O) groups excluding carboxylic acids is 2. The summed E-state index contributed by atoms with van der Waals surface area (Å²) in [7, 11) is 0. The lowest BCUT2D eigenvalue weighted by molar-refractivity contribution is 0.109. The van der Waals surface area contributed by atoms with Crippen LogP contribution in [0, 0.1) is 6.92 Å². The predicted molar refractivity (Wildman–Crippen MR) is 45.3 cm³/mol. The first-order valence-electron chi connectivity index (χ1n) is 3.57. The Morgan fingerprint density at radius 3 is 2.31 bits per heavy atom. The van der Waals surface area contributed by atoms with Gasteiger partial charge in [0, 0.05) is 11.1 Å². The third-order valence-corrected chi connectivity index (χ3v) is 1.84. The van der Waals surface area contributed by atoms with E-state index in [4.69, 9.17) is 0 Å². The zero-order valence-electron chi connectivity index (χ0n) is 6.94. The number of phenols is 2. The molecule has 0 atom stereocenters. The predicted octanol–water partition coefficient (Wildman–Crippen LogP) is 1.03. The molecule has 0 saturated heterocycles. The van der Waals surface area contributed by atoms with Gasteiger partial charge in [-0.3, -0.25) is 9.59 Å². The van der Waals surface area contributed by atoms with E-state index in [1.807, 2.05) is 0 Å². The van der Waals surface area contributed by atoms with E-state index in [-0.39, 0.29) is 28.2 Å². The summed E-state index contributed by atoms with van der Waals surface area (Å²) in [5, 5.41) is 18.5. The van der Waals surface area contributed by atoms with E-state index in [0.29, 0.717) is 12.6 Å². The van der Waals surface area contributed by atoms with Crippen LogP contribution in [0.15, 0.2) is 6.07 Å². The third kappa shape index (κ3) is 1.38. The van der Waals surface area contributed by atoms with Gasteiger partial charge in [0.15, 0.2) is 12.6 Å². The highest BCUT2D eigenvalue weighted by Gasteiger charge is 2.12. The van der Waals surface area contributed by atoms with E-state index in [2.05, 4.69) is 0 Å². The van der Waals surface area contributed by atoms with E-state index in [1.165, 1.54) is 6.92 Å². The Bertz CT molecular complexity index is 368. The molecule has 4 nitrogen and oxygen atoms in total. The van der Waals surface area contributed by atoms with Gasteiger partial charge in [-0.25, -0.2) is 0 Å². The van der Waals surface area contributed by atoms with Crippen molar-refractivity contribution in [3.05, 3.63) is 22.8 Å². The Morgan fingerprint density at radius 1 is 1.23 bits per heavy atom. The van der Waals surface area contributed by atoms with Crippen LogP contribution < -0.4 is 0 Å². The van der Waals surface area contributed by atoms with Gasteiger partial charge in [-0.2, -0.15) is 0 Å². The van der Waals surface area contributed by atoms with E-state index in [9.17, 15) is 19.8 Å². The first kappa shape index (κ1) is 9.25. The van der Waals surface area contributed by atoms with E-state index >= 15 is 0 Å². The molecule has 0 amide bonds. The summed E-state index contributed by atoms with van der Waals surface area (Å²) in [5.74, 6) is -0.553. The standard InChI is InChI=1S/C9H8O4/c1-5-8(12)2-6(3-10)7(4-11)9(5)13/h2-4,12-13H,1H3. The minimum absolute atomic E-state index is 0.0180. The molecule has 1 aromatic carbocycles. The fourth-order valence-electron chi connectivity index (χ4n) is 1.01. The van der Waals surface area contributed by atoms with Crippen molar-refractivity contribution in [2.24, 2.45) is 0 Å². The molecule has 0 aromatic heterocycles. The van der Waals surface area contributed by atoms with Crippen LogP contribution in [0.3, 0.4) is 0 Å². The maximum absolute atomic E-state index is 10.5. The van der Waals surface area contributed by atoms with Crippen LogP contribution >= 0.6 is 0 Å². The van der Waals surface area contributed by atoms with Gasteiger partial charge in [-0.15, -0.1) is 0 Å². The van der Waals surface area contributed by atoms with Crippen molar-refractivity contribution in [3.8, 4) is 11.5 Å². The summed E-state index contributed by atoms with van der Waals surface area (Å²) in [6, 6.07) is 1.14. The normalized spacial score (nSPS) is 9.62. The molecule has 0 unspecified atom stereocenters. The van der Waals surface area contributed by atoms with Gasteiger partial charge in [-0.05, 0) is 13.0 Å². The lowest BCUT2D eigenvalue weighted by atomic mass is 10.0. The molecule has 2 N–H and O–H groups in total. The topological polar surface area (TPSA) is 74.6 Å². The molecule has 0 bridgehead atoms. The van der Waals surface area contributed by atoms with Gasteiger partial charge in [-0.1, -0.05) is 0 Å². The highest BCUT2D eigenvalue weighted by atomic mass is 16.3. The van der Waals surface area contributed by atoms with Crippen LogP contribution in [0.4, 0.5) is 0 Å². The summed E-state index contributed by atoms with van der Waals surface area (Å²) < 4.78 is 0.